The largest absolute Gasteiger partial charge is 0.463 e. The summed E-state index contributed by atoms with van der Waals surface area (Å²) in [4.78, 5) is 11.6. The van der Waals surface area contributed by atoms with E-state index in [0.29, 0.717) is 22.7 Å². The fraction of sp³-hybridized carbons (Fsp3) is 0.381. The van der Waals surface area contributed by atoms with Gasteiger partial charge in [-0.25, -0.2) is 0 Å². The van der Waals surface area contributed by atoms with E-state index in [9.17, 15) is 18.0 Å². The molecule has 0 fully saturated rings. The molecule has 2 N–H and O–H groups in total. The van der Waals surface area contributed by atoms with Gasteiger partial charge in [0, 0.05) is 18.9 Å². The highest BCUT2D eigenvalue weighted by atomic mass is 79.9. The van der Waals surface area contributed by atoms with Crippen molar-refractivity contribution in [2.24, 2.45) is 5.73 Å². The number of fused-ring (bicyclic) bond motifs is 1. The maximum absolute atomic E-state index is 13.3. The molecule has 1 aromatic carbocycles. The van der Waals surface area contributed by atoms with Crippen LogP contribution in [0.1, 0.15) is 31.4 Å². The van der Waals surface area contributed by atoms with Gasteiger partial charge in [-0.3, -0.25) is 4.79 Å². The maximum atomic E-state index is 13.3. The number of furan rings is 1. The third kappa shape index (κ3) is 4.48. The summed E-state index contributed by atoms with van der Waals surface area (Å²) in [6.45, 7) is 3.44. The molecule has 2 unspecified atom stereocenters. The van der Waals surface area contributed by atoms with E-state index in [1.807, 2.05) is 13.0 Å². The molecule has 0 radical (unpaired) electrons. The zero-order valence-corrected chi connectivity index (χ0v) is 18.0. The van der Waals surface area contributed by atoms with Crippen LogP contribution in [-0.4, -0.2) is 24.2 Å². The van der Waals surface area contributed by atoms with Crippen LogP contribution in [0.25, 0.3) is 11.0 Å². The lowest BCUT2D eigenvalue weighted by Gasteiger charge is -2.38. The molecule has 2 aromatic rings. The fourth-order valence-corrected chi connectivity index (χ4v) is 4.06. The van der Waals surface area contributed by atoms with Gasteiger partial charge in [-0.1, -0.05) is 13.0 Å². The van der Waals surface area contributed by atoms with E-state index >= 15 is 0 Å². The highest BCUT2D eigenvalue weighted by molar-refractivity contribution is 9.10. The molecule has 1 aliphatic carbocycles. The number of carbonyl (C=O) groups is 1. The van der Waals surface area contributed by atoms with Gasteiger partial charge in [0.05, 0.1) is 11.1 Å². The van der Waals surface area contributed by atoms with Crippen molar-refractivity contribution in [3.63, 3.8) is 0 Å². The molecule has 0 spiro atoms. The number of hydrogen-bond acceptors (Lipinski definition) is 5. The minimum atomic E-state index is -4.54. The lowest BCUT2D eigenvalue weighted by molar-refractivity contribution is -0.160. The third-order valence-electron chi connectivity index (χ3n) is 4.98. The van der Waals surface area contributed by atoms with Crippen molar-refractivity contribution >= 4 is 32.9 Å². The van der Waals surface area contributed by atoms with Crippen molar-refractivity contribution in [2.45, 2.75) is 44.8 Å². The number of halogens is 4. The molecule has 3 rings (SSSR count). The minimum absolute atomic E-state index is 0.00911. The SMILES string of the molecule is CCC1(OCc2cc(Br)c3occ(C(F)(F)F)c3c2)C=C(CN)C=CC1OC(C)=O. The van der Waals surface area contributed by atoms with Crippen LogP contribution in [0.5, 0.6) is 0 Å². The lowest BCUT2D eigenvalue weighted by atomic mass is 9.86. The van der Waals surface area contributed by atoms with E-state index in [0.717, 1.165) is 5.57 Å². The van der Waals surface area contributed by atoms with Gasteiger partial charge >= 0.3 is 12.1 Å². The van der Waals surface area contributed by atoms with Crippen LogP contribution in [0.15, 0.2) is 51.1 Å². The molecule has 1 heterocycles. The van der Waals surface area contributed by atoms with Crippen molar-refractivity contribution in [3.05, 3.63) is 57.8 Å². The first-order valence-corrected chi connectivity index (χ1v) is 10.1. The molecular weight excluding hydrogens is 467 g/mol. The number of ether oxygens (including phenoxy) is 2. The van der Waals surface area contributed by atoms with Crippen molar-refractivity contribution in [1.29, 1.82) is 0 Å². The normalized spacial score (nSPS) is 21.7. The molecule has 9 heteroatoms. The van der Waals surface area contributed by atoms with Crippen LogP contribution in [0.4, 0.5) is 13.2 Å². The number of nitrogens with two attached hydrogens (primary N) is 1. The van der Waals surface area contributed by atoms with Gasteiger partial charge in [0.2, 0.25) is 0 Å². The smallest absolute Gasteiger partial charge is 0.420 e. The molecule has 0 amide bonds. The van der Waals surface area contributed by atoms with Gasteiger partial charge in [-0.2, -0.15) is 13.2 Å². The molecular formula is C21H21BrF3NO4. The third-order valence-corrected chi connectivity index (χ3v) is 5.57. The summed E-state index contributed by atoms with van der Waals surface area (Å²) >= 11 is 3.26. The molecule has 0 bridgehead atoms. The van der Waals surface area contributed by atoms with Gasteiger partial charge in [-0.05, 0) is 57.8 Å². The highest BCUT2D eigenvalue weighted by Gasteiger charge is 2.40. The quantitative estimate of drug-likeness (QED) is 0.562. The number of rotatable bonds is 6. The molecule has 1 aliphatic rings. The average molecular weight is 488 g/mol. The topological polar surface area (TPSA) is 74.7 Å². The predicted molar refractivity (Wildman–Crippen MR) is 109 cm³/mol. The summed E-state index contributed by atoms with van der Waals surface area (Å²) in [6.07, 6.45) is 1.24. The van der Waals surface area contributed by atoms with E-state index in [2.05, 4.69) is 15.9 Å². The Morgan fingerprint density at radius 1 is 1.37 bits per heavy atom. The van der Waals surface area contributed by atoms with Crippen LogP contribution in [0.3, 0.4) is 0 Å². The van der Waals surface area contributed by atoms with Crippen molar-refractivity contribution < 1.29 is 31.9 Å². The van der Waals surface area contributed by atoms with Gasteiger partial charge in [0.15, 0.2) is 6.10 Å². The van der Waals surface area contributed by atoms with Crippen molar-refractivity contribution in [2.75, 3.05) is 6.54 Å². The Hall–Kier alpha value is -2.10. The Balaban J connectivity index is 1.94. The van der Waals surface area contributed by atoms with Crippen LogP contribution in [0, 0.1) is 0 Å². The van der Waals surface area contributed by atoms with E-state index in [-0.39, 0.29) is 24.1 Å². The standard InChI is InChI=1S/C21H21BrF3NO4/c1-3-20(8-13(9-26)4-5-18(20)30-12(2)27)29-10-14-6-15-16(21(23,24)25)11-28-19(15)17(22)7-14/h4-8,11,18H,3,9-10,26H2,1-2H3. The number of esters is 1. The van der Waals surface area contributed by atoms with Crippen LogP contribution < -0.4 is 5.73 Å². The zero-order valence-electron chi connectivity index (χ0n) is 16.4. The van der Waals surface area contributed by atoms with Gasteiger partial charge in [-0.15, -0.1) is 0 Å². The molecule has 162 valence electrons. The van der Waals surface area contributed by atoms with Crippen LogP contribution >= 0.6 is 15.9 Å². The molecule has 0 saturated heterocycles. The van der Waals surface area contributed by atoms with Crippen molar-refractivity contribution in [1.82, 2.24) is 0 Å². The molecule has 5 nitrogen and oxygen atoms in total. The Kier molecular flexibility index (Phi) is 6.45. The van der Waals surface area contributed by atoms with Crippen LogP contribution in [0.2, 0.25) is 0 Å². The minimum Gasteiger partial charge on any atom is -0.463 e. The monoisotopic (exact) mass is 487 g/mol. The first-order valence-electron chi connectivity index (χ1n) is 9.27. The number of alkyl halides is 3. The second-order valence-electron chi connectivity index (χ2n) is 7.01. The Morgan fingerprint density at radius 3 is 2.70 bits per heavy atom. The molecule has 0 saturated carbocycles. The first-order chi connectivity index (χ1) is 14.1. The summed E-state index contributed by atoms with van der Waals surface area (Å²) < 4.78 is 56.9. The maximum Gasteiger partial charge on any atom is 0.420 e. The zero-order chi connectivity index (χ0) is 22.1. The fourth-order valence-electron chi connectivity index (χ4n) is 3.46. The Bertz CT molecular complexity index is 1010. The second kappa shape index (κ2) is 8.56. The van der Waals surface area contributed by atoms with E-state index < -0.39 is 29.4 Å². The summed E-state index contributed by atoms with van der Waals surface area (Å²) in [6, 6.07) is 3.03. The molecule has 0 aliphatic heterocycles. The van der Waals surface area contributed by atoms with Crippen LogP contribution in [-0.2, 0) is 27.1 Å². The highest BCUT2D eigenvalue weighted by Crippen LogP contribution is 2.40. The average Bonchev–Trinajstić information content (AvgIpc) is 3.12. The number of benzene rings is 1. The van der Waals surface area contributed by atoms with E-state index in [1.54, 1.807) is 18.2 Å². The van der Waals surface area contributed by atoms with Gasteiger partial charge in [0.1, 0.15) is 23.0 Å². The predicted octanol–water partition coefficient (Wildman–Crippen LogP) is 5.27. The summed E-state index contributed by atoms with van der Waals surface area (Å²) in [5.41, 5.74) is 5.35. The van der Waals surface area contributed by atoms with E-state index in [1.165, 1.54) is 13.0 Å². The summed E-state index contributed by atoms with van der Waals surface area (Å²) in [7, 11) is 0. The molecule has 1 aromatic heterocycles. The van der Waals surface area contributed by atoms with Gasteiger partial charge < -0.3 is 19.6 Å². The Labute approximate surface area is 179 Å². The molecule has 30 heavy (non-hydrogen) atoms. The number of hydrogen-bond donors (Lipinski definition) is 1. The second-order valence-corrected chi connectivity index (χ2v) is 7.87. The summed E-state index contributed by atoms with van der Waals surface area (Å²) in [5.74, 6) is -0.465. The van der Waals surface area contributed by atoms with Gasteiger partial charge in [0.25, 0.3) is 0 Å². The first kappa shape index (κ1) is 22.6. The van der Waals surface area contributed by atoms with E-state index in [4.69, 9.17) is 19.6 Å². The Morgan fingerprint density at radius 2 is 2.10 bits per heavy atom. The van der Waals surface area contributed by atoms with Crippen molar-refractivity contribution in [3.8, 4) is 0 Å². The summed E-state index contributed by atoms with van der Waals surface area (Å²) in [5, 5.41) is -0.0562. The number of carbonyl (C=O) groups excluding carboxylic acids is 1. The lowest BCUT2D eigenvalue weighted by Crippen LogP contribution is -2.46. The molecule has 2 atom stereocenters.